The minimum atomic E-state index is -0.916. The molecule has 6 heteroatoms. The molecule has 0 atom stereocenters. The van der Waals surface area contributed by atoms with Crippen LogP contribution in [0.25, 0.3) is 5.69 Å². The number of aromatic amines is 1. The van der Waals surface area contributed by atoms with Gasteiger partial charge in [0.15, 0.2) is 4.77 Å². The van der Waals surface area contributed by atoms with Crippen molar-refractivity contribution in [2.24, 2.45) is 0 Å². The maximum atomic E-state index is 10.6. The molecule has 94 valence electrons. The summed E-state index contributed by atoms with van der Waals surface area (Å²) >= 11 is 5.12. The van der Waals surface area contributed by atoms with Crippen molar-refractivity contribution in [3.63, 3.8) is 0 Å². The largest absolute Gasteiger partial charge is 0.493 e. The Morgan fingerprint density at radius 2 is 2.00 bits per heavy atom. The number of hydrogen-bond acceptors (Lipinski definition) is 3. The molecule has 0 spiro atoms. The number of nitrogens with zero attached hydrogens (tertiary/aromatic N) is 1. The molecule has 0 radical (unpaired) electrons. The van der Waals surface area contributed by atoms with Crippen LogP contribution < -0.4 is 0 Å². The Labute approximate surface area is 108 Å². The summed E-state index contributed by atoms with van der Waals surface area (Å²) in [5.41, 5.74) is 1.27. The van der Waals surface area contributed by atoms with Crippen molar-refractivity contribution in [3.8, 4) is 11.6 Å². The number of carboxylic acids is 1. The van der Waals surface area contributed by atoms with E-state index < -0.39 is 5.97 Å². The minimum absolute atomic E-state index is 0.0625. The van der Waals surface area contributed by atoms with Gasteiger partial charge in [-0.05, 0) is 24.4 Å². The Bertz CT molecular complexity index is 616. The zero-order chi connectivity index (χ0) is 13.1. The van der Waals surface area contributed by atoms with Gasteiger partial charge >= 0.3 is 5.97 Å². The zero-order valence-corrected chi connectivity index (χ0v) is 10.3. The first-order chi connectivity index (χ1) is 8.59. The van der Waals surface area contributed by atoms with Crippen LogP contribution in [0.1, 0.15) is 12.1 Å². The highest BCUT2D eigenvalue weighted by Gasteiger charge is 2.13. The predicted molar refractivity (Wildman–Crippen MR) is 68.6 cm³/mol. The van der Waals surface area contributed by atoms with E-state index in [1.807, 2.05) is 30.3 Å². The monoisotopic (exact) mass is 264 g/mol. The van der Waals surface area contributed by atoms with Gasteiger partial charge in [-0.2, -0.15) is 0 Å². The van der Waals surface area contributed by atoms with E-state index in [4.69, 9.17) is 17.3 Å². The molecule has 0 aliphatic carbocycles. The highest BCUT2D eigenvalue weighted by Crippen LogP contribution is 2.22. The molecule has 18 heavy (non-hydrogen) atoms. The Hall–Kier alpha value is -2.08. The van der Waals surface area contributed by atoms with Crippen LogP contribution in [0.3, 0.4) is 0 Å². The van der Waals surface area contributed by atoms with E-state index in [2.05, 4.69) is 4.98 Å². The number of aromatic hydroxyl groups is 1. The van der Waals surface area contributed by atoms with E-state index in [9.17, 15) is 9.90 Å². The SMILES string of the molecule is O=C(O)CCc1c(O)[nH]c(=S)n1-c1ccccc1. The van der Waals surface area contributed by atoms with Crippen LogP contribution in [0, 0.1) is 4.77 Å². The molecule has 2 aromatic rings. The van der Waals surface area contributed by atoms with Crippen molar-refractivity contribution in [3.05, 3.63) is 40.8 Å². The summed E-state index contributed by atoms with van der Waals surface area (Å²) in [6, 6.07) is 9.25. The molecule has 1 aromatic heterocycles. The Morgan fingerprint density at radius 3 is 2.61 bits per heavy atom. The van der Waals surface area contributed by atoms with Gasteiger partial charge in [-0.25, -0.2) is 0 Å². The fraction of sp³-hybridized carbons (Fsp3) is 0.167. The molecule has 0 saturated carbocycles. The van der Waals surface area contributed by atoms with Gasteiger partial charge in [-0.15, -0.1) is 0 Å². The molecule has 1 heterocycles. The van der Waals surface area contributed by atoms with Gasteiger partial charge in [0.25, 0.3) is 0 Å². The lowest BCUT2D eigenvalue weighted by atomic mass is 10.2. The number of aromatic nitrogens is 2. The van der Waals surface area contributed by atoms with E-state index in [1.165, 1.54) is 0 Å². The van der Waals surface area contributed by atoms with Crippen molar-refractivity contribution in [1.82, 2.24) is 9.55 Å². The van der Waals surface area contributed by atoms with Gasteiger partial charge in [0.2, 0.25) is 5.88 Å². The number of imidazole rings is 1. The number of carboxylic acid groups (broad SMARTS) is 1. The van der Waals surface area contributed by atoms with E-state index >= 15 is 0 Å². The minimum Gasteiger partial charge on any atom is -0.493 e. The summed E-state index contributed by atoms with van der Waals surface area (Å²) in [6.45, 7) is 0. The highest BCUT2D eigenvalue weighted by atomic mass is 32.1. The number of carbonyl (C=O) groups is 1. The fourth-order valence-electron chi connectivity index (χ4n) is 1.76. The van der Waals surface area contributed by atoms with Gasteiger partial charge in [0.05, 0.1) is 12.1 Å². The van der Waals surface area contributed by atoms with Crippen molar-refractivity contribution in [2.75, 3.05) is 0 Å². The maximum absolute atomic E-state index is 10.6. The quantitative estimate of drug-likeness (QED) is 0.740. The van der Waals surface area contributed by atoms with Crippen LogP contribution in [0.5, 0.6) is 5.88 Å². The number of hydrogen-bond donors (Lipinski definition) is 3. The molecule has 0 bridgehead atoms. The standard InChI is InChI=1S/C12H12N2O3S/c15-10(16)7-6-9-11(17)13-12(18)14(9)8-4-2-1-3-5-8/h1-5,17H,6-7H2,(H,13,18)(H,15,16). The van der Waals surface area contributed by atoms with Crippen LogP contribution in [-0.2, 0) is 11.2 Å². The first-order valence-electron chi connectivity index (χ1n) is 5.39. The van der Waals surface area contributed by atoms with Crippen LogP contribution in [0.4, 0.5) is 0 Å². The molecule has 0 unspecified atom stereocenters. The molecular weight excluding hydrogens is 252 g/mol. The molecule has 0 fully saturated rings. The van der Waals surface area contributed by atoms with E-state index in [1.54, 1.807) is 4.57 Å². The molecule has 1 aromatic carbocycles. The molecule has 0 aliphatic heterocycles. The lowest BCUT2D eigenvalue weighted by molar-refractivity contribution is -0.136. The average molecular weight is 264 g/mol. The third-order valence-electron chi connectivity index (χ3n) is 2.56. The second-order valence-corrected chi connectivity index (χ2v) is 4.18. The smallest absolute Gasteiger partial charge is 0.303 e. The molecule has 5 nitrogen and oxygen atoms in total. The summed E-state index contributed by atoms with van der Waals surface area (Å²) in [5, 5.41) is 18.5. The topological polar surface area (TPSA) is 78.2 Å². The number of H-pyrrole nitrogens is 1. The highest BCUT2D eigenvalue weighted by molar-refractivity contribution is 7.71. The third-order valence-corrected chi connectivity index (χ3v) is 2.85. The second kappa shape index (κ2) is 5.05. The summed E-state index contributed by atoms with van der Waals surface area (Å²) in [7, 11) is 0. The Morgan fingerprint density at radius 1 is 1.33 bits per heavy atom. The number of benzene rings is 1. The summed E-state index contributed by atoms with van der Waals surface area (Å²) in [4.78, 5) is 13.3. The van der Waals surface area contributed by atoms with Crippen LogP contribution in [0.2, 0.25) is 0 Å². The second-order valence-electron chi connectivity index (χ2n) is 3.79. The van der Waals surface area contributed by atoms with Crippen molar-refractivity contribution in [1.29, 1.82) is 0 Å². The van der Waals surface area contributed by atoms with Gasteiger partial charge in [-0.1, -0.05) is 18.2 Å². The first kappa shape index (κ1) is 12.4. The average Bonchev–Trinajstić information content (AvgIpc) is 2.62. The number of para-hydroxylation sites is 1. The molecule has 0 saturated heterocycles. The number of rotatable bonds is 4. The van der Waals surface area contributed by atoms with Crippen molar-refractivity contribution in [2.45, 2.75) is 12.8 Å². The van der Waals surface area contributed by atoms with Gasteiger partial charge < -0.3 is 15.2 Å². The predicted octanol–water partition coefficient (Wildman–Crippen LogP) is 2.26. The lowest BCUT2D eigenvalue weighted by Gasteiger charge is -2.07. The van der Waals surface area contributed by atoms with Gasteiger partial charge in [0, 0.05) is 12.1 Å². The van der Waals surface area contributed by atoms with Gasteiger partial charge in [-0.3, -0.25) is 9.36 Å². The molecular formula is C12H12N2O3S. The van der Waals surface area contributed by atoms with Crippen LogP contribution in [-0.4, -0.2) is 25.7 Å². The lowest BCUT2D eigenvalue weighted by Crippen LogP contribution is -2.04. The zero-order valence-electron chi connectivity index (χ0n) is 9.46. The van der Waals surface area contributed by atoms with E-state index in [-0.39, 0.29) is 18.7 Å². The fourth-order valence-corrected chi connectivity index (χ4v) is 2.08. The van der Waals surface area contributed by atoms with Crippen molar-refractivity contribution >= 4 is 18.2 Å². The molecule has 2 rings (SSSR count). The summed E-state index contributed by atoms with van der Waals surface area (Å²) in [6.07, 6.45) is 0.149. The van der Waals surface area contributed by atoms with Gasteiger partial charge in [0.1, 0.15) is 0 Å². The Kier molecular flexibility index (Phi) is 3.47. The van der Waals surface area contributed by atoms with Crippen molar-refractivity contribution < 1.29 is 15.0 Å². The maximum Gasteiger partial charge on any atom is 0.303 e. The molecule has 0 amide bonds. The number of nitrogens with one attached hydrogen (secondary N) is 1. The Balaban J connectivity index is 2.46. The van der Waals surface area contributed by atoms with Crippen LogP contribution >= 0.6 is 12.2 Å². The number of aliphatic carboxylic acids is 1. The summed E-state index contributed by atoms with van der Waals surface area (Å²) in [5.74, 6) is -0.994. The first-order valence-corrected chi connectivity index (χ1v) is 5.80. The molecule has 3 N–H and O–H groups in total. The third kappa shape index (κ3) is 2.43. The van der Waals surface area contributed by atoms with E-state index in [0.29, 0.717) is 10.5 Å². The van der Waals surface area contributed by atoms with Crippen LogP contribution in [0.15, 0.2) is 30.3 Å². The van der Waals surface area contributed by atoms with E-state index in [0.717, 1.165) is 5.69 Å². The normalized spacial score (nSPS) is 10.4. The summed E-state index contributed by atoms with van der Waals surface area (Å²) < 4.78 is 1.99. The molecule has 0 aliphatic rings.